The van der Waals surface area contributed by atoms with E-state index in [2.05, 4.69) is 15.9 Å². The van der Waals surface area contributed by atoms with E-state index in [1.807, 2.05) is 0 Å². The van der Waals surface area contributed by atoms with Crippen molar-refractivity contribution in [1.82, 2.24) is 0 Å². The van der Waals surface area contributed by atoms with E-state index in [1.165, 1.54) is 12.1 Å². The number of hydrogen-bond donors (Lipinski definition) is 3. The third-order valence-corrected chi connectivity index (χ3v) is 1.76. The van der Waals surface area contributed by atoms with Crippen molar-refractivity contribution in [2.75, 3.05) is 0 Å². The summed E-state index contributed by atoms with van der Waals surface area (Å²) in [5, 5.41) is 26.5. The quantitative estimate of drug-likeness (QED) is 0.572. The number of rotatable bonds is 1. The van der Waals surface area contributed by atoms with Gasteiger partial charge in [0.15, 0.2) is 0 Å². The molecule has 58 valence electrons. The Morgan fingerprint density at radius 2 is 1.91 bits per heavy atom. The first-order valence-electron chi connectivity index (χ1n) is 2.96. The maximum Gasteiger partial charge on any atom is 0.492 e. The van der Waals surface area contributed by atoms with Crippen molar-refractivity contribution in [3.63, 3.8) is 0 Å². The molecular formula is C6H6BBrO3. The van der Waals surface area contributed by atoms with E-state index in [1.54, 1.807) is 6.07 Å². The molecule has 3 N–H and O–H groups in total. The smallest absolute Gasteiger partial charge is 0.492 e. The summed E-state index contributed by atoms with van der Waals surface area (Å²) in [6.07, 6.45) is 0. The van der Waals surface area contributed by atoms with Gasteiger partial charge in [0.25, 0.3) is 0 Å². The number of aromatic hydroxyl groups is 1. The average Bonchev–Trinajstić information content (AvgIpc) is 1.94. The van der Waals surface area contributed by atoms with Crippen molar-refractivity contribution in [2.24, 2.45) is 0 Å². The summed E-state index contributed by atoms with van der Waals surface area (Å²) in [5.41, 5.74) is 0.0966. The van der Waals surface area contributed by atoms with Crippen molar-refractivity contribution in [3.05, 3.63) is 22.7 Å². The molecule has 0 radical (unpaired) electrons. The molecule has 1 rings (SSSR count). The molecule has 0 saturated carbocycles. The number of phenols is 1. The molecule has 11 heavy (non-hydrogen) atoms. The lowest BCUT2D eigenvalue weighted by Crippen LogP contribution is -2.29. The second-order valence-corrected chi connectivity index (χ2v) is 2.99. The zero-order chi connectivity index (χ0) is 8.43. The molecule has 0 heterocycles. The lowest BCUT2D eigenvalue weighted by Gasteiger charge is -2.02. The van der Waals surface area contributed by atoms with Gasteiger partial charge in [-0.2, -0.15) is 0 Å². The summed E-state index contributed by atoms with van der Waals surface area (Å²) in [5.74, 6) is -0.122. The van der Waals surface area contributed by atoms with Gasteiger partial charge >= 0.3 is 7.12 Å². The van der Waals surface area contributed by atoms with Gasteiger partial charge in [-0.1, -0.05) is 15.9 Å². The Hall–Kier alpha value is -0.515. The fraction of sp³-hybridized carbons (Fsp3) is 0. The standard InChI is InChI=1S/C6H6BBrO3/c8-4-1-2-6(9)5(3-4)7(10)11/h1-3,9-11H. The fourth-order valence-electron chi connectivity index (χ4n) is 0.732. The van der Waals surface area contributed by atoms with Gasteiger partial charge < -0.3 is 15.2 Å². The summed E-state index contributed by atoms with van der Waals surface area (Å²) in [6, 6.07) is 4.44. The molecule has 1 aromatic carbocycles. The molecule has 5 heteroatoms. The Labute approximate surface area is 72.6 Å². The predicted octanol–water partition coefficient (Wildman–Crippen LogP) is -0.166. The van der Waals surface area contributed by atoms with Gasteiger partial charge in [0.05, 0.1) is 0 Å². The van der Waals surface area contributed by atoms with Crippen LogP contribution in [0.25, 0.3) is 0 Å². The fourth-order valence-corrected chi connectivity index (χ4v) is 1.11. The van der Waals surface area contributed by atoms with Crippen LogP contribution in [0.15, 0.2) is 22.7 Å². The zero-order valence-corrected chi connectivity index (χ0v) is 7.12. The van der Waals surface area contributed by atoms with Gasteiger partial charge in [0, 0.05) is 9.94 Å². The lowest BCUT2D eigenvalue weighted by molar-refractivity contribution is 0.419. The van der Waals surface area contributed by atoms with Crippen LogP contribution in [0.1, 0.15) is 0 Å². The van der Waals surface area contributed by atoms with Crippen molar-refractivity contribution >= 4 is 28.5 Å². The zero-order valence-electron chi connectivity index (χ0n) is 5.53. The van der Waals surface area contributed by atoms with Gasteiger partial charge in [-0.05, 0) is 18.2 Å². The molecular weight excluding hydrogens is 211 g/mol. The first-order chi connectivity index (χ1) is 5.11. The highest BCUT2D eigenvalue weighted by Crippen LogP contribution is 2.12. The maximum atomic E-state index is 9.06. The highest BCUT2D eigenvalue weighted by atomic mass is 79.9. The third-order valence-electron chi connectivity index (χ3n) is 1.27. The minimum atomic E-state index is -1.63. The second kappa shape index (κ2) is 3.25. The van der Waals surface area contributed by atoms with Crippen LogP contribution in [-0.2, 0) is 0 Å². The monoisotopic (exact) mass is 216 g/mol. The van der Waals surface area contributed by atoms with Gasteiger partial charge in [0.2, 0.25) is 0 Å². The summed E-state index contributed by atoms with van der Waals surface area (Å²) in [7, 11) is -1.63. The molecule has 0 aliphatic carbocycles. The molecule has 0 fully saturated rings. The van der Waals surface area contributed by atoms with Crippen LogP contribution >= 0.6 is 15.9 Å². The average molecular weight is 217 g/mol. The largest absolute Gasteiger partial charge is 0.508 e. The molecule has 0 unspecified atom stereocenters. The lowest BCUT2D eigenvalue weighted by atomic mass is 9.80. The molecule has 0 aromatic heterocycles. The van der Waals surface area contributed by atoms with E-state index in [-0.39, 0.29) is 11.2 Å². The number of phenolic OH excluding ortho intramolecular Hbond substituents is 1. The predicted molar refractivity (Wildman–Crippen MR) is 45.6 cm³/mol. The van der Waals surface area contributed by atoms with Crippen LogP contribution in [0, 0.1) is 0 Å². The van der Waals surface area contributed by atoms with Gasteiger partial charge in [-0.3, -0.25) is 0 Å². The SMILES string of the molecule is OB(O)c1cc(Br)ccc1O. The first kappa shape index (κ1) is 8.58. The summed E-state index contributed by atoms with van der Waals surface area (Å²) in [6.45, 7) is 0. The van der Waals surface area contributed by atoms with Crippen LogP contribution in [0.5, 0.6) is 5.75 Å². The molecule has 0 aliphatic heterocycles. The molecule has 0 bridgehead atoms. The molecule has 0 atom stereocenters. The molecule has 1 aromatic rings. The molecule has 3 nitrogen and oxygen atoms in total. The van der Waals surface area contributed by atoms with Gasteiger partial charge in [-0.15, -0.1) is 0 Å². The van der Waals surface area contributed by atoms with Crippen molar-refractivity contribution < 1.29 is 15.2 Å². The van der Waals surface area contributed by atoms with E-state index < -0.39 is 7.12 Å². The van der Waals surface area contributed by atoms with E-state index in [4.69, 9.17) is 15.2 Å². The highest BCUT2D eigenvalue weighted by molar-refractivity contribution is 9.10. The highest BCUT2D eigenvalue weighted by Gasteiger charge is 2.15. The summed E-state index contributed by atoms with van der Waals surface area (Å²) in [4.78, 5) is 0. The van der Waals surface area contributed by atoms with Crippen molar-refractivity contribution in [3.8, 4) is 5.75 Å². The Bertz CT molecular complexity index is 264. The van der Waals surface area contributed by atoms with Crippen LogP contribution < -0.4 is 5.46 Å². The van der Waals surface area contributed by atoms with E-state index >= 15 is 0 Å². The minimum absolute atomic E-state index is 0.0966. The summed E-state index contributed by atoms with van der Waals surface area (Å²) >= 11 is 3.13. The topological polar surface area (TPSA) is 60.7 Å². The molecule has 0 saturated heterocycles. The van der Waals surface area contributed by atoms with Crippen molar-refractivity contribution in [2.45, 2.75) is 0 Å². The van der Waals surface area contributed by atoms with Gasteiger partial charge in [0.1, 0.15) is 5.75 Å². The van der Waals surface area contributed by atoms with E-state index in [0.29, 0.717) is 4.47 Å². The molecule has 0 aliphatic rings. The summed E-state index contributed by atoms with van der Waals surface area (Å²) < 4.78 is 0.693. The number of hydrogen-bond acceptors (Lipinski definition) is 3. The normalized spacial score (nSPS) is 9.73. The first-order valence-corrected chi connectivity index (χ1v) is 3.75. The molecule has 0 amide bonds. The Balaban J connectivity index is 3.13. The third kappa shape index (κ3) is 1.96. The second-order valence-electron chi connectivity index (χ2n) is 2.08. The number of benzene rings is 1. The van der Waals surface area contributed by atoms with Crippen LogP contribution in [-0.4, -0.2) is 22.3 Å². The Morgan fingerprint density at radius 1 is 1.27 bits per heavy atom. The van der Waals surface area contributed by atoms with Crippen molar-refractivity contribution in [1.29, 1.82) is 0 Å². The molecule has 0 spiro atoms. The van der Waals surface area contributed by atoms with Gasteiger partial charge in [-0.25, -0.2) is 0 Å². The van der Waals surface area contributed by atoms with E-state index in [0.717, 1.165) is 0 Å². The van der Waals surface area contributed by atoms with Crippen LogP contribution in [0.3, 0.4) is 0 Å². The number of halogens is 1. The maximum absolute atomic E-state index is 9.06. The minimum Gasteiger partial charge on any atom is -0.508 e. The van der Waals surface area contributed by atoms with Crippen LogP contribution in [0.4, 0.5) is 0 Å². The van der Waals surface area contributed by atoms with E-state index in [9.17, 15) is 0 Å². The Morgan fingerprint density at radius 3 is 2.36 bits per heavy atom. The van der Waals surface area contributed by atoms with Crippen LogP contribution in [0.2, 0.25) is 0 Å². The Kier molecular flexibility index (Phi) is 2.54.